The fraction of sp³-hybridized carbons (Fsp3) is 0.294. The van der Waals surface area contributed by atoms with E-state index in [1.165, 1.54) is 17.7 Å². The Morgan fingerprint density at radius 2 is 1.30 bits per heavy atom. The lowest BCUT2D eigenvalue weighted by Gasteiger charge is -2.01. The highest BCUT2D eigenvalue weighted by atomic mass is 35.5. The van der Waals surface area contributed by atoms with Gasteiger partial charge in [-0.2, -0.15) is 14.1 Å². The fourth-order valence-corrected chi connectivity index (χ4v) is 4.94. The molecule has 0 radical (unpaired) electrons. The number of sulfonamides is 2. The Morgan fingerprint density at radius 1 is 0.848 bits per heavy atom. The van der Waals surface area contributed by atoms with E-state index >= 15 is 0 Å². The fourth-order valence-electron chi connectivity index (χ4n) is 3.02. The quantitative estimate of drug-likeness (QED) is 0.381. The molecule has 4 N–H and O–H groups in total. The van der Waals surface area contributed by atoms with Crippen LogP contribution >= 0.6 is 11.6 Å². The van der Waals surface area contributed by atoms with Crippen molar-refractivity contribution < 1.29 is 21.6 Å². The summed E-state index contributed by atoms with van der Waals surface area (Å²) in [5.41, 5.74) is 1.61. The third-order valence-electron chi connectivity index (χ3n) is 4.37. The third kappa shape index (κ3) is 5.06. The summed E-state index contributed by atoms with van der Waals surface area (Å²) in [5, 5.41) is 18.1. The van der Waals surface area contributed by atoms with Gasteiger partial charge >= 0.3 is 0 Å². The Kier molecular flexibility index (Phi) is 6.90. The minimum absolute atomic E-state index is 0.0890. The van der Waals surface area contributed by atoms with Gasteiger partial charge < -0.3 is 4.74 Å². The van der Waals surface area contributed by atoms with E-state index in [2.05, 4.69) is 20.2 Å². The number of fused-ring (bicyclic) bond motifs is 2. The van der Waals surface area contributed by atoms with E-state index in [9.17, 15) is 16.8 Å². The summed E-state index contributed by atoms with van der Waals surface area (Å²) < 4.78 is 53.2. The van der Waals surface area contributed by atoms with Gasteiger partial charge in [0.1, 0.15) is 5.15 Å². The molecule has 0 aliphatic heterocycles. The van der Waals surface area contributed by atoms with Crippen molar-refractivity contribution in [1.29, 1.82) is 0 Å². The molecule has 0 aromatic carbocycles. The van der Waals surface area contributed by atoms with E-state index in [4.69, 9.17) is 26.6 Å². The number of methoxy groups -OCH3 is 1. The number of nitrogens with zero attached hydrogens (tertiary/aromatic N) is 6. The van der Waals surface area contributed by atoms with Crippen LogP contribution in [-0.2, 0) is 32.9 Å². The lowest BCUT2D eigenvalue weighted by molar-refractivity contribution is 0.388. The molecule has 4 heterocycles. The number of aromatic nitrogens is 6. The molecule has 4 rings (SSSR count). The van der Waals surface area contributed by atoms with Crippen molar-refractivity contribution >= 4 is 42.9 Å². The number of aryl methyl sites for hydroxylation is 2. The zero-order valence-corrected chi connectivity index (χ0v) is 20.2. The van der Waals surface area contributed by atoms with Crippen molar-refractivity contribution in [3.05, 3.63) is 40.8 Å². The molecule has 0 amide bonds. The highest BCUT2D eigenvalue weighted by molar-refractivity contribution is 7.89. The number of nitrogens with two attached hydrogens (primary N) is 2. The van der Waals surface area contributed by atoms with Crippen LogP contribution in [0.4, 0.5) is 0 Å². The molecule has 13 nitrogen and oxygen atoms in total. The Balaban J connectivity index is 0.000000186. The standard InChI is InChI=1S/C9H12N4O3S.C8H9ClN4O2S/c1-3-6-9(17(10,14)15)13-7(11-6)4-5-8(12-13)16-2;1-2-5-8(16(10,14)15)13-7(11-5)4-3-6(9)12-13/h4-5H,3H2,1-2H3,(H2,10,14,15);3-4H,2H2,1H3,(H2,10,14,15). The molecule has 0 unspecified atom stereocenters. The topological polar surface area (TPSA) is 190 Å². The highest BCUT2D eigenvalue weighted by Gasteiger charge is 2.23. The van der Waals surface area contributed by atoms with Crippen LogP contribution in [0.5, 0.6) is 5.88 Å². The summed E-state index contributed by atoms with van der Waals surface area (Å²) >= 11 is 5.70. The molecular weight excluding hydrogens is 496 g/mol. The van der Waals surface area contributed by atoms with Crippen molar-refractivity contribution in [2.45, 2.75) is 36.7 Å². The third-order valence-corrected chi connectivity index (χ3v) is 6.47. The molecule has 0 saturated carbocycles. The highest BCUT2D eigenvalue weighted by Crippen LogP contribution is 2.19. The van der Waals surface area contributed by atoms with Gasteiger partial charge in [0.2, 0.25) is 5.88 Å². The summed E-state index contributed by atoms with van der Waals surface area (Å²) in [6.45, 7) is 3.59. The van der Waals surface area contributed by atoms with Gasteiger partial charge in [0.25, 0.3) is 20.0 Å². The maximum Gasteiger partial charge on any atom is 0.257 e. The maximum atomic E-state index is 11.5. The molecule has 0 atom stereocenters. The molecule has 0 bridgehead atoms. The number of primary sulfonamides is 2. The van der Waals surface area contributed by atoms with Crippen molar-refractivity contribution in [3.8, 4) is 5.88 Å². The van der Waals surface area contributed by atoms with E-state index in [1.54, 1.807) is 32.0 Å². The normalized spacial score (nSPS) is 12.1. The predicted molar refractivity (Wildman–Crippen MR) is 119 cm³/mol. The lowest BCUT2D eigenvalue weighted by atomic mass is 10.4. The Hall–Kier alpha value is -2.85. The number of imidazole rings is 2. The van der Waals surface area contributed by atoms with E-state index < -0.39 is 20.0 Å². The Bertz CT molecular complexity index is 1550. The molecule has 4 aromatic rings. The first-order chi connectivity index (χ1) is 15.4. The number of ether oxygens (including phenoxy) is 1. The van der Waals surface area contributed by atoms with Crippen molar-refractivity contribution in [3.63, 3.8) is 0 Å². The van der Waals surface area contributed by atoms with Crippen LogP contribution in [0.25, 0.3) is 11.3 Å². The molecule has 178 valence electrons. The monoisotopic (exact) mass is 516 g/mol. The van der Waals surface area contributed by atoms with Gasteiger partial charge in [-0.05, 0) is 31.0 Å². The molecule has 33 heavy (non-hydrogen) atoms. The maximum absolute atomic E-state index is 11.5. The van der Waals surface area contributed by atoms with E-state index in [1.807, 2.05) is 0 Å². The van der Waals surface area contributed by atoms with E-state index in [0.29, 0.717) is 41.4 Å². The van der Waals surface area contributed by atoms with Crippen LogP contribution in [0.1, 0.15) is 25.2 Å². The Morgan fingerprint density at radius 3 is 1.73 bits per heavy atom. The van der Waals surface area contributed by atoms with E-state index in [-0.39, 0.29) is 15.2 Å². The van der Waals surface area contributed by atoms with Gasteiger partial charge in [-0.15, -0.1) is 5.10 Å². The second-order valence-electron chi connectivity index (χ2n) is 6.60. The SMILES string of the molecule is CCc1nc2ccc(Cl)nn2c1S(N)(=O)=O.CCc1nc2ccc(OC)nn2c1S(N)(=O)=O. The van der Waals surface area contributed by atoms with Crippen LogP contribution in [0, 0.1) is 0 Å². The van der Waals surface area contributed by atoms with Crippen LogP contribution in [-0.4, -0.2) is 53.1 Å². The van der Waals surface area contributed by atoms with Gasteiger partial charge in [-0.1, -0.05) is 25.4 Å². The number of hydrogen-bond acceptors (Lipinski definition) is 9. The minimum Gasteiger partial charge on any atom is -0.480 e. The van der Waals surface area contributed by atoms with Gasteiger partial charge in [0.15, 0.2) is 21.3 Å². The average molecular weight is 517 g/mol. The van der Waals surface area contributed by atoms with Gasteiger partial charge in [0, 0.05) is 6.07 Å². The summed E-state index contributed by atoms with van der Waals surface area (Å²) in [7, 11) is -6.29. The number of rotatable bonds is 5. The van der Waals surface area contributed by atoms with Crippen LogP contribution in [0.3, 0.4) is 0 Å². The van der Waals surface area contributed by atoms with Crippen LogP contribution in [0.2, 0.25) is 5.15 Å². The minimum atomic E-state index is -3.87. The zero-order chi connectivity index (χ0) is 24.6. The molecule has 0 saturated heterocycles. The summed E-state index contributed by atoms with van der Waals surface area (Å²) in [5.74, 6) is 0.294. The molecule has 0 aliphatic rings. The zero-order valence-electron chi connectivity index (χ0n) is 17.8. The first-order valence-corrected chi connectivity index (χ1v) is 12.9. The summed E-state index contributed by atoms with van der Waals surface area (Å²) in [6.07, 6.45) is 0.907. The summed E-state index contributed by atoms with van der Waals surface area (Å²) in [6, 6.07) is 6.35. The van der Waals surface area contributed by atoms with E-state index in [0.717, 1.165) is 4.52 Å². The van der Waals surface area contributed by atoms with Crippen molar-refractivity contribution in [2.75, 3.05) is 7.11 Å². The Labute approximate surface area is 194 Å². The van der Waals surface area contributed by atoms with Gasteiger partial charge in [0.05, 0.1) is 18.5 Å². The smallest absolute Gasteiger partial charge is 0.257 e. The van der Waals surface area contributed by atoms with Gasteiger partial charge in [-0.25, -0.2) is 37.1 Å². The molecular formula is C17H21ClN8O5S2. The average Bonchev–Trinajstić information content (AvgIpc) is 3.30. The lowest BCUT2D eigenvalue weighted by Crippen LogP contribution is -2.17. The predicted octanol–water partition coefficient (Wildman–Crippen LogP) is 0.540. The second-order valence-corrected chi connectivity index (χ2v) is 9.94. The molecule has 0 aliphatic carbocycles. The number of halogens is 1. The molecule has 0 spiro atoms. The molecule has 4 aromatic heterocycles. The van der Waals surface area contributed by atoms with Crippen LogP contribution in [0.15, 0.2) is 34.3 Å². The largest absolute Gasteiger partial charge is 0.480 e. The van der Waals surface area contributed by atoms with Crippen LogP contribution < -0.4 is 15.0 Å². The van der Waals surface area contributed by atoms with Gasteiger partial charge in [-0.3, -0.25) is 0 Å². The molecule has 0 fully saturated rings. The second kappa shape index (κ2) is 9.18. The first-order valence-electron chi connectivity index (χ1n) is 9.43. The molecule has 16 heteroatoms. The van der Waals surface area contributed by atoms with Crippen molar-refractivity contribution in [2.24, 2.45) is 10.3 Å². The number of hydrogen-bond donors (Lipinski definition) is 2. The first kappa shape index (κ1) is 24.8. The summed E-state index contributed by atoms with van der Waals surface area (Å²) in [4.78, 5) is 8.28. The van der Waals surface area contributed by atoms with Crippen molar-refractivity contribution in [1.82, 2.24) is 29.2 Å².